The normalized spacial score (nSPS) is 11.6. The van der Waals surface area contributed by atoms with Gasteiger partial charge in [0.25, 0.3) is 5.91 Å². The zero-order valence-electron chi connectivity index (χ0n) is 18.8. The van der Waals surface area contributed by atoms with E-state index >= 15 is 0 Å². The van der Waals surface area contributed by atoms with E-state index in [1.165, 1.54) is 27.0 Å². The number of para-hydroxylation sites is 1. The molecule has 2 aromatic carbocycles. The molecule has 0 fully saturated rings. The van der Waals surface area contributed by atoms with Crippen LogP contribution in [0, 0.1) is 6.92 Å². The Labute approximate surface area is 182 Å². The Hall–Kier alpha value is -3.35. The maximum absolute atomic E-state index is 12.6. The van der Waals surface area contributed by atoms with Crippen LogP contribution in [0.15, 0.2) is 36.4 Å². The summed E-state index contributed by atoms with van der Waals surface area (Å²) >= 11 is 0. The molecular weight excluding hydrogens is 398 g/mol. The summed E-state index contributed by atoms with van der Waals surface area (Å²) in [6.07, 6.45) is -1.00. The van der Waals surface area contributed by atoms with Gasteiger partial charge in [-0.3, -0.25) is 9.59 Å². The maximum atomic E-state index is 12.6. The molecule has 0 unspecified atom stereocenters. The Morgan fingerprint density at radius 2 is 1.74 bits per heavy atom. The van der Waals surface area contributed by atoms with Crippen LogP contribution in [-0.2, 0) is 14.3 Å². The second-order valence-electron chi connectivity index (χ2n) is 7.53. The van der Waals surface area contributed by atoms with Gasteiger partial charge in [0.05, 0.1) is 7.11 Å². The van der Waals surface area contributed by atoms with Gasteiger partial charge in [-0.25, -0.2) is 4.79 Å². The summed E-state index contributed by atoms with van der Waals surface area (Å²) in [6, 6.07) is 10.5. The first-order valence-corrected chi connectivity index (χ1v) is 10.1. The predicted octanol–water partition coefficient (Wildman–Crippen LogP) is 4.28. The highest BCUT2D eigenvalue weighted by Crippen LogP contribution is 2.29. The first-order valence-electron chi connectivity index (χ1n) is 10.1. The molecule has 0 heterocycles. The van der Waals surface area contributed by atoms with E-state index in [2.05, 4.69) is 5.32 Å². The number of esters is 1. The molecule has 0 saturated heterocycles. The average Bonchev–Trinajstić information content (AvgIpc) is 2.72. The van der Waals surface area contributed by atoms with Crippen molar-refractivity contribution in [3.8, 4) is 11.5 Å². The fourth-order valence-corrected chi connectivity index (χ4v) is 2.99. The molecule has 0 aliphatic rings. The topological polar surface area (TPSA) is 90.9 Å². The highest BCUT2D eigenvalue weighted by Gasteiger charge is 2.21. The Morgan fingerprint density at radius 3 is 2.35 bits per heavy atom. The molecule has 1 atom stereocenters. The quantitative estimate of drug-likeness (QED) is 0.474. The van der Waals surface area contributed by atoms with Gasteiger partial charge in [0.1, 0.15) is 0 Å². The van der Waals surface area contributed by atoms with Gasteiger partial charge < -0.3 is 19.5 Å². The fourth-order valence-electron chi connectivity index (χ4n) is 2.99. The molecule has 166 valence electrons. The molecule has 2 rings (SSSR count). The number of benzene rings is 2. The van der Waals surface area contributed by atoms with E-state index in [1.54, 1.807) is 12.1 Å². The smallest absolute Gasteiger partial charge is 0.344 e. The number of nitrogens with one attached hydrogen (secondary N) is 1. The number of rotatable bonds is 9. The summed E-state index contributed by atoms with van der Waals surface area (Å²) in [4.78, 5) is 36.2. The predicted molar refractivity (Wildman–Crippen MR) is 118 cm³/mol. The highest BCUT2D eigenvalue weighted by molar-refractivity contribution is 5.96. The van der Waals surface area contributed by atoms with E-state index in [4.69, 9.17) is 14.2 Å². The van der Waals surface area contributed by atoms with Crippen molar-refractivity contribution in [3.05, 3.63) is 53.1 Å². The number of Topliss-reactive ketones (excluding diaryl/α,β-unsaturated/α-hetero) is 1. The molecule has 0 radical (unpaired) electrons. The summed E-state index contributed by atoms with van der Waals surface area (Å²) in [5.41, 5.74) is 3.14. The minimum Gasteiger partial charge on any atom is -0.493 e. The Balaban J connectivity index is 1.97. The number of methoxy groups -OCH3 is 1. The molecule has 7 heteroatoms. The lowest BCUT2D eigenvalue weighted by Gasteiger charge is -2.19. The molecule has 31 heavy (non-hydrogen) atoms. The largest absolute Gasteiger partial charge is 0.493 e. The summed E-state index contributed by atoms with van der Waals surface area (Å²) in [6.45, 7) is 8.54. The summed E-state index contributed by atoms with van der Waals surface area (Å²) in [7, 11) is 1.44. The van der Waals surface area contributed by atoms with Crippen LogP contribution in [0.2, 0.25) is 0 Å². The first kappa shape index (κ1) is 23.9. The third-order valence-electron chi connectivity index (χ3n) is 4.77. The van der Waals surface area contributed by atoms with Gasteiger partial charge in [0.2, 0.25) is 0 Å². The molecule has 0 saturated carbocycles. The third kappa shape index (κ3) is 6.31. The van der Waals surface area contributed by atoms with Crippen molar-refractivity contribution >= 4 is 23.3 Å². The van der Waals surface area contributed by atoms with Crippen molar-refractivity contribution in [2.45, 2.75) is 46.6 Å². The second kappa shape index (κ2) is 10.6. The highest BCUT2D eigenvalue weighted by atomic mass is 16.6. The van der Waals surface area contributed by atoms with E-state index in [1.807, 2.05) is 39.0 Å². The Morgan fingerprint density at radius 1 is 1.03 bits per heavy atom. The number of hydrogen-bond acceptors (Lipinski definition) is 6. The molecule has 1 amide bonds. The number of hydrogen-bond donors (Lipinski definition) is 1. The van der Waals surface area contributed by atoms with Crippen LogP contribution in [0.3, 0.4) is 0 Å². The van der Waals surface area contributed by atoms with E-state index in [0.29, 0.717) is 17.1 Å². The van der Waals surface area contributed by atoms with Gasteiger partial charge in [-0.15, -0.1) is 0 Å². The number of anilines is 1. The van der Waals surface area contributed by atoms with Crippen LogP contribution in [0.4, 0.5) is 5.69 Å². The van der Waals surface area contributed by atoms with Gasteiger partial charge in [0, 0.05) is 11.3 Å². The van der Waals surface area contributed by atoms with Crippen LogP contribution >= 0.6 is 0 Å². The van der Waals surface area contributed by atoms with Crippen molar-refractivity contribution in [3.63, 3.8) is 0 Å². The number of carbonyl (C=O) groups is 3. The standard InChI is InChI=1S/C24H29NO6/c1-14(2)19-9-7-8-15(3)23(19)25-24(28)17(5)31-22(27)13-30-20-11-10-18(16(4)26)12-21(20)29-6/h7-12,14,17H,13H2,1-6H3,(H,25,28)/t17-/m1/s1. The Kier molecular flexibility index (Phi) is 8.19. The average molecular weight is 427 g/mol. The van der Waals surface area contributed by atoms with Gasteiger partial charge in [-0.05, 0) is 56.0 Å². The van der Waals surface area contributed by atoms with Crippen LogP contribution in [-0.4, -0.2) is 37.5 Å². The summed E-state index contributed by atoms with van der Waals surface area (Å²) in [5, 5.41) is 2.87. The molecule has 7 nitrogen and oxygen atoms in total. The second-order valence-corrected chi connectivity index (χ2v) is 7.53. The van der Waals surface area contributed by atoms with Crippen LogP contribution < -0.4 is 14.8 Å². The number of amides is 1. The van der Waals surface area contributed by atoms with Crippen molar-refractivity contribution in [2.75, 3.05) is 19.0 Å². The van der Waals surface area contributed by atoms with Gasteiger partial charge >= 0.3 is 5.97 Å². The van der Waals surface area contributed by atoms with E-state index in [9.17, 15) is 14.4 Å². The third-order valence-corrected chi connectivity index (χ3v) is 4.77. The molecule has 2 aromatic rings. The van der Waals surface area contributed by atoms with E-state index < -0.39 is 24.6 Å². The lowest BCUT2D eigenvalue weighted by atomic mass is 9.98. The molecule has 0 aliphatic heterocycles. The van der Waals surface area contributed by atoms with E-state index in [0.717, 1.165) is 16.8 Å². The van der Waals surface area contributed by atoms with Gasteiger partial charge in [-0.1, -0.05) is 32.0 Å². The fraction of sp³-hybridized carbons (Fsp3) is 0.375. The molecular formula is C24H29NO6. The van der Waals surface area contributed by atoms with Crippen LogP contribution in [0.25, 0.3) is 0 Å². The van der Waals surface area contributed by atoms with Gasteiger partial charge in [-0.2, -0.15) is 0 Å². The SMILES string of the molecule is COc1cc(C(C)=O)ccc1OCC(=O)O[C@H](C)C(=O)Nc1c(C)cccc1C(C)C. The lowest BCUT2D eigenvalue weighted by molar-refractivity contribution is -0.155. The Bertz CT molecular complexity index is 967. The van der Waals surface area contributed by atoms with Crippen molar-refractivity contribution in [1.29, 1.82) is 0 Å². The zero-order chi connectivity index (χ0) is 23.1. The van der Waals surface area contributed by atoms with E-state index in [-0.39, 0.29) is 11.7 Å². The minimum absolute atomic E-state index is 0.113. The molecule has 0 aliphatic carbocycles. The number of aryl methyl sites for hydroxylation is 1. The lowest BCUT2D eigenvalue weighted by Crippen LogP contribution is -2.32. The van der Waals surface area contributed by atoms with Crippen molar-refractivity contribution in [2.24, 2.45) is 0 Å². The number of ketones is 1. The van der Waals surface area contributed by atoms with Crippen LogP contribution in [0.1, 0.15) is 55.1 Å². The monoisotopic (exact) mass is 427 g/mol. The zero-order valence-corrected chi connectivity index (χ0v) is 18.8. The van der Waals surface area contributed by atoms with Gasteiger partial charge in [0.15, 0.2) is 30.0 Å². The van der Waals surface area contributed by atoms with Crippen molar-refractivity contribution in [1.82, 2.24) is 0 Å². The minimum atomic E-state index is -1.00. The van der Waals surface area contributed by atoms with Crippen molar-refractivity contribution < 1.29 is 28.6 Å². The maximum Gasteiger partial charge on any atom is 0.344 e. The molecule has 1 N–H and O–H groups in total. The summed E-state index contributed by atoms with van der Waals surface area (Å²) < 4.78 is 15.9. The molecule has 0 spiro atoms. The summed E-state index contributed by atoms with van der Waals surface area (Å²) in [5.74, 6) is -0.388. The van der Waals surface area contributed by atoms with Crippen LogP contribution in [0.5, 0.6) is 11.5 Å². The first-order chi connectivity index (χ1) is 14.6. The molecule has 0 bridgehead atoms. The molecule has 0 aromatic heterocycles. The number of carbonyl (C=O) groups excluding carboxylic acids is 3. The number of ether oxygens (including phenoxy) is 3.